The minimum atomic E-state index is -4.64. The number of sulfone groups is 1. The number of nitrogens with one attached hydrogen (secondary N) is 1. The van der Waals surface area contributed by atoms with Gasteiger partial charge in [0, 0.05) is 32.5 Å². The van der Waals surface area contributed by atoms with Gasteiger partial charge in [0.05, 0.1) is 11.3 Å². The van der Waals surface area contributed by atoms with Gasteiger partial charge in [-0.05, 0) is 25.0 Å². The molecule has 1 unspecified atom stereocenters. The molecule has 1 aliphatic rings. The van der Waals surface area contributed by atoms with E-state index in [1.165, 1.54) is 30.8 Å². The minimum Gasteiger partial charge on any atom is -0.350 e. The van der Waals surface area contributed by atoms with Gasteiger partial charge in [-0.25, -0.2) is 38.2 Å². The zero-order chi connectivity index (χ0) is 27.2. The number of nitrogens with zero attached hydrogens (tertiary/aromatic N) is 6. The fourth-order valence-corrected chi connectivity index (χ4v) is 5.05. The molecule has 5 heterocycles. The molecule has 0 spiro atoms. The van der Waals surface area contributed by atoms with Crippen molar-refractivity contribution in [2.75, 3.05) is 12.4 Å². The van der Waals surface area contributed by atoms with Gasteiger partial charge in [-0.3, -0.25) is 4.79 Å². The molecule has 38 heavy (non-hydrogen) atoms. The number of carbonyl (C=O) groups excluding carboxylic acids is 1. The summed E-state index contributed by atoms with van der Waals surface area (Å²) in [7, 11) is -2.53. The molecule has 4 aromatic heterocycles. The highest BCUT2D eigenvalue weighted by Crippen LogP contribution is 2.35. The fourth-order valence-electron chi connectivity index (χ4n) is 4.08. The van der Waals surface area contributed by atoms with E-state index in [2.05, 4.69) is 25.5 Å². The van der Waals surface area contributed by atoms with Crippen LogP contribution in [0.25, 0.3) is 28.2 Å². The first kappa shape index (κ1) is 26.0. The average Bonchev–Trinajstić information content (AvgIpc) is 3.45. The van der Waals surface area contributed by atoms with Gasteiger partial charge >= 0.3 is 6.18 Å². The largest absolute Gasteiger partial charge is 0.417 e. The standard InChI is InChI=1S/C22H22F3N7O5S/c1-3-38(34,35)21-16(19-28-13-10-12(22(23,24)25)11-27-17(13)31(19)2)18-26-8-7-14(32(18)29-21)20(33)30-37-15-6-4-5-9-36-15/h7-8,10-11,15H,3-6,9H2,1-2H3,(H,30,33). The normalized spacial score (nSPS) is 16.8. The summed E-state index contributed by atoms with van der Waals surface area (Å²) in [6, 6.07) is 2.14. The summed E-state index contributed by atoms with van der Waals surface area (Å²) in [5.41, 5.74) is 1.05. The predicted molar refractivity (Wildman–Crippen MR) is 125 cm³/mol. The van der Waals surface area contributed by atoms with Crippen molar-refractivity contribution in [2.45, 2.75) is 43.7 Å². The van der Waals surface area contributed by atoms with Gasteiger partial charge in [-0.15, -0.1) is 0 Å². The number of fused-ring (bicyclic) bond motifs is 2. The van der Waals surface area contributed by atoms with Crippen molar-refractivity contribution < 1.29 is 36.0 Å². The molecule has 1 amide bonds. The third-order valence-corrected chi connectivity index (χ3v) is 7.71. The molecule has 1 saturated heterocycles. The quantitative estimate of drug-likeness (QED) is 0.357. The Morgan fingerprint density at radius 1 is 1.26 bits per heavy atom. The lowest BCUT2D eigenvalue weighted by Crippen LogP contribution is -2.34. The highest BCUT2D eigenvalue weighted by atomic mass is 32.2. The summed E-state index contributed by atoms with van der Waals surface area (Å²) in [5.74, 6) is -1.11. The Balaban J connectivity index is 1.65. The van der Waals surface area contributed by atoms with Gasteiger partial charge in [0.25, 0.3) is 5.91 Å². The molecule has 1 N–H and O–H groups in total. The van der Waals surface area contributed by atoms with Crippen LogP contribution in [0.1, 0.15) is 42.2 Å². The molecule has 16 heteroatoms. The first-order valence-corrected chi connectivity index (χ1v) is 13.2. The summed E-state index contributed by atoms with van der Waals surface area (Å²) in [5, 5.41) is 3.75. The number of hydrogen-bond acceptors (Lipinski definition) is 9. The van der Waals surface area contributed by atoms with Crippen molar-refractivity contribution in [3.8, 4) is 11.4 Å². The molecule has 1 fully saturated rings. The number of amides is 1. The van der Waals surface area contributed by atoms with E-state index in [-0.39, 0.29) is 39.6 Å². The topological polar surface area (TPSA) is 143 Å². The van der Waals surface area contributed by atoms with Crippen molar-refractivity contribution in [2.24, 2.45) is 7.05 Å². The Morgan fingerprint density at radius 2 is 2.05 bits per heavy atom. The first-order valence-electron chi connectivity index (χ1n) is 11.6. The lowest BCUT2D eigenvalue weighted by atomic mass is 10.2. The molecule has 1 atom stereocenters. The van der Waals surface area contributed by atoms with Crippen LogP contribution in [0, 0.1) is 0 Å². The van der Waals surface area contributed by atoms with Gasteiger partial charge in [-0.1, -0.05) is 6.92 Å². The van der Waals surface area contributed by atoms with E-state index in [1.54, 1.807) is 0 Å². The summed E-state index contributed by atoms with van der Waals surface area (Å²) in [6.07, 6.45) is -0.968. The third-order valence-electron chi connectivity index (χ3n) is 6.07. The second-order valence-corrected chi connectivity index (χ2v) is 10.7. The van der Waals surface area contributed by atoms with Crippen LogP contribution in [-0.2, 0) is 32.6 Å². The van der Waals surface area contributed by atoms with Crippen molar-refractivity contribution in [1.82, 2.24) is 34.6 Å². The number of hydroxylamine groups is 1. The molecule has 0 saturated carbocycles. The molecule has 0 aromatic carbocycles. The average molecular weight is 554 g/mol. The zero-order valence-electron chi connectivity index (χ0n) is 20.2. The number of aromatic nitrogens is 6. The van der Waals surface area contributed by atoms with Crippen molar-refractivity contribution in [3.05, 3.63) is 35.8 Å². The molecule has 202 valence electrons. The second kappa shape index (κ2) is 9.59. The molecule has 12 nitrogen and oxygen atoms in total. The summed E-state index contributed by atoms with van der Waals surface area (Å²) in [6.45, 7) is 1.91. The second-order valence-electron chi connectivity index (χ2n) is 8.55. The van der Waals surface area contributed by atoms with E-state index in [9.17, 15) is 26.4 Å². The fraction of sp³-hybridized carbons (Fsp3) is 0.409. The van der Waals surface area contributed by atoms with Crippen LogP contribution < -0.4 is 5.48 Å². The van der Waals surface area contributed by atoms with Crippen LogP contribution >= 0.6 is 0 Å². The summed E-state index contributed by atoms with van der Waals surface area (Å²) < 4.78 is 73.6. The Morgan fingerprint density at radius 3 is 2.74 bits per heavy atom. The van der Waals surface area contributed by atoms with Crippen LogP contribution in [0.3, 0.4) is 0 Å². The third kappa shape index (κ3) is 4.58. The molecule has 5 rings (SSSR count). The molecule has 0 aliphatic carbocycles. The van der Waals surface area contributed by atoms with Crippen molar-refractivity contribution in [3.63, 3.8) is 0 Å². The van der Waals surface area contributed by atoms with E-state index < -0.39 is 38.8 Å². The van der Waals surface area contributed by atoms with E-state index in [0.29, 0.717) is 19.2 Å². The van der Waals surface area contributed by atoms with Crippen LogP contribution in [-0.4, -0.2) is 62.1 Å². The first-order chi connectivity index (χ1) is 18.0. The summed E-state index contributed by atoms with van der Waals surface area (Å²) in [4.78, 5) is 30.6. The Kier molecular flexibility index (Phi) is 6.56. The maximum Gasteiger partial charge on any atom is 0.417 e. The van der Waals surface area contributed by atoms with Crippen LogP contribution in [0.4, 0.5) is 13.2 Å². The molecule has 4 aromatic rings. The number of imidazole rings is 1. The van der Waals surface area contributed by atoms with Gasteiger partial charge in [-0.2, -0.15) is 18.3 Å². The van der Waals surface area contributed by atoms with Crippen molar-refractivity contribution >= 4 is 32.6 Å². The maximum absolute atomic E-state index is 13.2. The van der Waals surface area contributed by atoms with E-state index >= 15 is 0 Å². The number of alkyl halides is 3. The van der Waals surface area contributed by atoms with Gasteiger partial charge < -0.3 is 9.30 Å². The highest BCUT2D eigenvalue weighted by molar-refractivity contribution is 7.91. The number of aryl methyl sites for hydroxylation is 1. The minimum absolute atomic E-state index is 0.0363. The van der Waals surface area contributed by atoms with Crippen molar-refractivity contribution in [1.29, 1.82) is 0 Å². The zero-order valence-corrected chi connectivity index (χ0v) is 21.0. The Bertz CT molecular complexity index is 1640. The SMILES string of the molecule is CCS(=O)(=O)c1nn2c(C(=O)NOC3CCCCO3)ccnc2c1-c1nc2cc(C(F)(F)F)cnc2n1C. The smallest absolute Gasteiger partial charge is 0.350 e. The number of ether oxygens (including phenoxy) is 1. The number of carbonyl (C=O) groups is 1. The number of hydrogen-bond donors (Lipinski definition) is 1. The highest BCUT2D eigenvalue weighted by Gasteiger charge is 2.34. The van der Waals surface area contributed by atoms with Gasteiger partial charge in [0.2, 0.25) is 0 Å². The van der Waals surface area contributed by atoms with Gasteiger partial charge in [0.15, 0.2) is 32.4 Å². The maximum atomic E-state index is 13.2. The van der Waals surface area contributed by atoms with Crippen LogP contribution in [0.2, 0.25) is 0 Å². The Labute approximate surface area is 213 Å². The van der Waals surface area contributed by atoms with Gasteiger partial charge in [0.1, 0.15) is 22.6 Å². The molecule has 0 bridgehead atoms. The lowest BCUT2D eigenvalue weighted by molar-refractivity contribution is -0.186. The lowest BCUT2D eigenvalue weighted by Gasteiger charge is -2.22. The van der Waals surface area contributed by atoms with E-state index in [1.807, 2.05) is 0 Å². The number of pyridine rings is 1. The number of rotatable bonds is 6. The molecule has 1 aliphatic heterocycles. The van der Waals surface area contributed by atoms with E-state index in [0.717, 1.165) is 23.4 Å². The van der Waals surface area contributed by atoms with Crippen LogP contribution in [0.5, 0.6) is 0 Å². The Hall–Kier alpha value is -3.63. The molecular formula is C22H22F3N7O5S. The predicted octanol–water partition coefficient (Wildman–Crippen LogP) is 2.68. The van der Waals surface area contributed by atoms with Crippen LogP contribution in [0.15, 0.2) is 29.6 Å². The molecule has 0 radical (unpaired) electrons. The van der Waals surface area contributed by atoms with E-state index in [4.69, 9.17) is 9.57 Å². The summed E-state index contributed by atoms with van der Waals surface area (Å²) >= 11 is 0. The monoisotopic (exact) mass is 553 g/mol. The molecular weight excluding hydrogens is 531 g/mol. The number of halogens is 3.